The molecule has 0 saturated carbocycles. The van der Waals surface area contributed by atoms with Crippen molar-refractivity contribution >= 4 is 31.4 Å². The van der Waals surface area contributed by atoms with Gasteiger partial charge in [-0.3, -0.25) is 0 Å². The first-order chi connectivity index (χ1) is 8.26. The number of rotatable bonds is 6. The van der Waals surface area contributed by atoms with Gasteiger partial charge >= 0.3 is 6.09 Å². The van der Waals surface area contributed by atoms with Crippen LogP contribution in [-0.4, -0.2) is 23.6 Å². The van der Waals surface area contributed by atoms with E-state index in [-0.39, 0.29) is 12.6 Å². The molecule has 0 aliphatic heterocycles. The SMILES string of the molecule is O=C(N[C@H](CS)CCS)OCc1ccccc1. The standard InChI is InChI=1S/C12H17NO2S2/c14-12(13-11(9-17)6-7-16)15-8-10-4-2-1-3-5-10/h1-5,11,16-17H,6-9H2,(H,13,14)/t11-/m0/s1. The van der Waals surface area contributed by atoms with Gasteiger partial charge in [0.1, 0.15) is 6.61 Å². The van der Waals surface area contributed by atoms with Crippen LogP contribution in [0.3, 0.4) is 0 Å². The van der Waals surface area contributed by atoms with Crippen LogP contribution in [0.2, 0.25) is 0 Å². The van der Waals surface area contributed by atoms with Crippen molar-refractivity contribution in [3.05, 3.63) is 35.9 Å². The van der Waals surface area contributed by atoms with Gasteiger partial charge in [0.25, 0.3) is 0 Å². The summed E-state index contributed by atoms with van der Waals surface area (Å²) >= 11 is 8.28. The predicted octanol–water partition coefficient (Wildman–Crippen LogP) is 2.53. The Morgan fingerprint density at radius 1 is 1.29 bits per heavy atom. The van der Waals surface area contributed by atoms with E-state index in [2.05, 4.69) is 30.6 Å². The van der Waals surface area contributed by atoms with Crippen LogP contribution in [0.1, 0.15) is 12.0 Å². The van der Waals surface area contributed by atoms with Crippen LogP contribution in [0.5, 0.6) is 0 Å². The number of thiol groups is 2. The summed E-state index contributed by atoms with van der Waals surface area (Å²) in [5.41, 5.74) is 0.972. The van der Waals surface area contributed by atoms with Gasteiger partial charge in [-0.25, -0.2) is 4.79 Å². The van der Waals surface area contributed by atoms with Crippen LogP contribution in [0.15, 0.2) is 30.3 Å². The number of nitrogens with one attached hydrogen (secondary N) is 1. The molecule has 3 nitrogen and oxygen atoms in total. The average molecular weight is 271 g/mol. The molecule has 0 spiro atoms. The lowest BCUT2D eigenvalue weighted by Crippen LogP contribution is -2.36. The lowest BCUT2D eigenvalue weighted by molar-refractivity contribution is 0.136. The van der Waals surface area contributed by atoms with Crippen molar-refractivity contribution in [1.29, 1.82) is 0 Å². The molecule has 0 aliphatic carbocycles. The topological polar surface area (TPSA) is 38.3 Å². The second kappa shape index (κ2) is 8.31. The van der Waals surface area contributed by atoms with E-state index in [1.807, 2.05) is 30.3 Å². The van der Waals surface area contributed by atoms with E-state index in [9.17, 15) is 4.79 Å². The molecule has 5 heteroatoms. The fraction of sp³-hybridized carbons (Fsp3) is 0.417. The Balaban J connectivity index is 2.30. The smallest absolute Gasteiger partial charge is 0.407 e. The number of benzene rings is 1. The molecular weight excluding hydrogens is 254 g/mol. The second-order valence-electron chi connectivity index (χ2n) is 3.60. The monoisotopic (exact) mass is 271 g/mol. The van der Waals surface area contributed by atoms with Crippen LogP contribution in [-0.2, 0) is 11.3 Å². The summed E-state index contributed by atoms with van der Waals surface area (Å²) in [6.07, 6.45) is 0.377. The lowest BCUT2D eigenvalue weighted by Gasteiger charge is -2.15. The first-order valence-electron chi connectivity index (χ1n) is 5.45. The molecule has 0 radical (unpaired) electrons. The van der Waals surface area contributed by atoms with Crippen LogP contribution in [0, 0.1) is 0 Å². The van der Waals surface area contributed by atoms with Crippen molar-refractivity contribution in [3.8, 4) is 0 Å². The predicted molar refractivity (Wildman–Crippen MR) is 75.9 cm³/mol. The maximum Gasteiger partial charge on any atom is 0.407 e. The van der Waals surface area contributed by atoms with Gasteiger partial charge in [-0.15, -0.1) is 0 Å². The minimum atomic E-state index is -0.408. The number of amides is 1. The van der Waals surface area contributed by atoms with Gasteiger partial charge in [0, 0.05) is 11.8 Å². The number of carbonyl (C=O) groups is 1. The number of hydrogen-bond donors (Lipinski definition) is 3. The molecule has 1 aromatic rings. The normalized spacial score (nSPS) is 11.9. The molecule has 1 rings (SSSR count). The van der Waals surface area contributed by atoms with Crippen LogP contribution < -0.4 is 5.32 Å². The maximum atomic E-state index is 11.5. The van der Waals surface area contributed by atoms with Crippen LogP contribution in [0.25, 0.3) is 0 Å². The minimum absolute atomic E-state index is 0.0131. The van der Waals surface area contributed by atoms with Crippen molar-refractivity contribution in [2.75, 3.05) is 11.5 Å². The van der Waals surface area contributed by atoms with E-state index < -0.39 is 6.09 Å². The Hall–Kier alpha value is -0.810. The summed E-state index contributed by atoms with van der Waals surface area (Å²) < 4.78 is 5.10. The summed E-state index contributed by atoms with van der Waals surface area (Å²) in [4.78, 5) is 11.5. The second-order valence-corrected chi connectivity index (χ2v) is 4.41. The van der Waals surface area contributed by atoms with E-state index >= 15 is 0 Å². The minimum Gasteiger partial charge on any atom is -0.445 e. The van der Waals surface area contributed by atoms with Gasteiger partial charge in [-0.2, -0.15) is 25.3 Å². The van der Waals surface area contributed by atoms with Crippen molar-refractivity contribution in [2.45, 2.75) is 19.1 Å². The van der Waals surface area contributed by atoms with Crippen molar-refractivity contribution in [3.63, 3.8) is 0 Å². The zero-order chi connectivity index (χ0) is 12.5. The third kappa shape index (κ3) is 5.89. The fourth-order valence-electron chi connectivity index (χ4n) is 1.30. The largest absolute Gasteiger partial charge is 0.445 e. The molecule has 1 atom stereocenters. The third-order valence-electron chi connectivity index (χ3n) is 2.23. The molecule has 1 N–H and O–H groups in total. The number of carbonyl (C=O) groups excluding carboxylic acids is 1. The first-order valence-corrected chi connectivity index (χ1v) is 6.71. The summed E-state index contributed by atoms with van der Waals surface area (Å²) in [6, 6.07) is 9.59. The fourth-order valence-corrected chi connectivity index (χ4v) is 1.88. The molecule has 1 aromatic carbocycles. The van der Waals surface area contributed by atoms with E-state index in [4.69, 9.17) is 4.74 Å². The number of hydrogen-bond acceptors (Lipinski definition) is 4. The molecule has 17 heavy (non-hydrogen) atoms. The van der Waals surface area contributed by atoms with Gasteiger partial charge in [0.2, 0.25) is 0 Å². The molecule has 0 fully saturated rings. The van der Waals surface area contributed by atoms with Crippen LogP contribution in [0.4, 0.5) is 4.79 Å². The molecule has 0 heterocycles. The van der Waals surface area contributed by atoms with Crippen LogP contribution >= 0.6 is 25.3 Å². The van der Waals surface area contributed by atoms with Crippen molar-refractivity contribution in [1.82, 2.24) is 5.32 Å². The van der Waals surface area contributed by atoms with E-state index in [0.29, 0.717) is 11.5 Å². The summed E-state index contributed by atoms with van der Waals surface area (Å²) in [6.45, 7) is 0.285. The molecule has 0 bridgehead atoms. The van der Waals surface area contributed by atoms with E-state index in [1.54, 1.807) is 0 Å². The molecular formula is C12H17NO2S2. The number of alkyl carbamates (subject to hydrolysis) is 1. The highest BCUT2D eigenvalue weighted by atomic mass is 32.1. The maximum absolute atomic E-state index is 11.5. The third-order valence-corrected chi connectivity index (χ3v) is 2.93. The highest BCUT2D eigenvalue weighted by Crippen LogP contribution is 2.02. The summed E-state index contributed by atoms with van der Waals surface area (Å²) in [5.74, 6) is 1.30. The Kier molecular flexibility index (Phi) is 6.96. The molecule has 94 valence electrons. The first kappa shape index (κ1) is 14.3. The van der Waals surface area contributed by atoms with E-state index in [1.165, 1.54) is 0 Å². The lowest BCUT2D eigenvalue weighted by atomic mass is 10.2. The highest BCUT2D eigenvalue weighted by Gasteiger charge is 2.10. The highest BCUT2D eigenvalue weighted by molar-refractivity contribution is 7.80. The Morgan fingerprint density at radius 3 is 2.59 bits per heavy atom. The molecule has 0 aliphatic rings. The molecule has 0 saturated heterocycles. The zero-order valence-electron chi connectivity index (χ0n) is 9.50. The average Bonchev–Trinajstić information content (AvgIpc) is 2.37. The van der Waals surface area contributed by atoms with Gasteiger partial charge in [0.15, 0.2) is 0 Å². The number of ether oxygens (including phenoxy) is 1. The summed E-state index contributed by atoms with van der Waals surface area (Å²) in [7, 11) is 0. The zero-order valence-corrected chi connectivity index (χ0v) is 11.3. The van der Waals surface area contributed by atoms with Gasteiger partial charge in [-0.1, -0.05) is 30.3 Å². The molecule has 0 unspecified atom stereocenters. The Labute approximate surface area is 113 Å². The molecule has 0 aromatic heterocycles. The van der Waals surface area contributed by atoms with Crippen molar-refractivity contribution < 1.29 is 9.53 Å². The van der Waals surface area contributed by atoms with Crippen molar-refractivity contribution in [2.24, 2.45) is 0 Å². The molecule has 1 amide bonds. The summed E-state index contributed by atoms with van der Waals surface area (Å²) in [5, 5.41) is 2.75. The van der Waals surface area contributed by atoms with Gasteiger partial charge in [-0.05, 0) is 17.7 Å². The quantitative estimate of drug-likeness (QED) is 0.696. The van der Waals surface area contributed by atoms with Gasteiger partial charge in [0.05, 0.1) is 0 Å². The Morgan fingerprint density at radius 2 is 2.00 bits per heavy atom. The van der Waals surface area contributed by atoms with E-state index in [0.717, 1.165) is 12.0 Å². The Bertz CT molecular complexity index is 333. The van der Waals surface area contributed by atoms with Gasteiger partial charge < -0.3 is 10.1 Å².